The van der Waals surface area contributed by atoms with Crippen LogP contribution < -0.4 is 10.5 Å². The maximum atomic E-state index is 13.0. The van der Waals surface area contributed by atoms with E-state index in [1.165, 1.54) is 24.4 Å². The van der Waals surface area contributed by atoms with E-state index in [9.17, 15) is 31.5 Å². The van der Waals surface area contributed by atoms with E-state index in [4.69, 9.17) is 5.14 Å². The molecule has 152 valence electrons. The highest BCUT2D eigenvalue weighted by Gasteiger charge is 2.26. The number of carbonyl (C=O) groups excluding carboxylic acids is 1. The van der Waals surface area contributed by atoms with Crippen LogP contribution in [0.1, 0.15) is 17.4 Å². The van der Waals surface area contributed by atoms with Crippen LogP contribution in [0.4, 0.5) is 13.2 Å². The summed E-state index contributed by atoms with van der Waals surface area (Å²) in [4.78, 5) is 15.0. The largest absolute Gasteiger partial charge is 0.386 e. The molecule has 0 fully saturated rings. The van der Waals surface area contributed by atoms with Crippen molar-refractivity contribution in [2.45, 2.75) is 24.3 Å². The number of nitrogens with one attached hydrogen (secondary N) is 1. The summed E-state index contributed by atoms with van der Waals surface area (Å²) in [5.74, 6) is -2.06. The Kier molecular flexibility index (Phi) is 7.11. The summed E-state index contributed by atoms with van der Waals surface area (Å²) < 4.78 is 59.7. The molecular weight excluding hydrogens is 399 g/mol. The molecule has 0 aliphatic heterocycles. The second kappa shape index (κ2) is 9.13. The lowest BCUT2D eigenvalue weighted by molar-refractivity contribution is -0.133. The van der Waals surface area contributed by atoms with Gasteiger partial charge in [0.05, 0.1) is 11.7 Å². The third-order valence-electron chi connectivity index (χ3n) is 3.83. The van der Waals surface area contributed by atoms with E-state index in [1.54, 1.807) is 23.5 Å². The average Bonchev–Trinajstić information content (AvgIpc) is 2.64. The number of hydrogen-bond donors (Lipinski definition) is 3. The van der Waals surface area contributed by atoms with Crippen LogP contribution in [0.15, 0.2) is 42.6 Å². The van der Waals surface area contributed by atoms with Gasteiger partial charge in [-0.25, -0.2) is 17.9 Å². The van der Waals surface area contributed by atoms with Gasteiger partial charge in [0, 0.05) is 11.8 Å². The van der Waals surface area contributed by atoms with Gasteiger partial charge in [0.1, 0.15) is 18.5 Å². The Balaban J connectivity index is 2.12. The Morgan fingerprint density at radius 2 is 1.75 bits per heavy atom. The normalized spacial score (nSPS) is 13.9. The molecule has 1 heterocycles. The van der Waals surface area contributed by atoms with Crippen molar-refractivity contribution in [3.8, 4) is 11.1 Å². The predicted molar refractivity (Wildman–Crippen MR) is 95.4 cm³/mol. The molecule has 0 aliphatic carbocycles. The fourth-order valence-electron chi connectivity index (χ4n) is 2.44. The van der Waals surface area contributed by atoms with E-state index < -0.39 is 46.9 Å². The summed E-state index contributed by atoms with van der Waals surface area (Å²) in [5.41, 5.74) is 1.81. The van der Waals surface area contributed by atoms with Gasteiger partial charge in [-0.05, 0) is 17.2 Å². The lowest BCUT2D eigenvalue weighted by Crippen LogP contribution is -2.43. The number of aliphatic hydroxyl groups excluding tert-OH is 1. The fraction of sp³-hybridized carbons (Fsp3) is 0.294. The van der Waals surface area contributed by atoms with Crippen molar-refractivity contribution in [3.63, 3.8) is 0 Å². The molecule has 2 rings (SSSR count). The first-order chi connectivity index (χ1) is 13.1. The molecule has 0 unspecified atom stereocenters. The number of pyridine rings is 1. The van der Waals surface area contributed by atoms with Crippen molar-refractivity contribution in [2.24, 2.45) is 5.14 Å². The maximum absolute atomic E-state index is 13.0. The molecule has 0 saturated heterocycles. The quantitative estimate of drug-likeness (QED) is 0.597. The Hall–Kier alpha value is -2.50. The van der Waals surface area contributed by atoms with Gasteiger partial charge in [0.2, 0.25) is 10.0 Å². The van der Waals surface area contributed by atoms with Crippen LogP contribution in [0.2, 0.25) is 0 Å². The number of sulfonamides is 1. The molecule has 11 heteroatoms. The molecule has 2 atom stereocenters. The Morgan fingerprint density at radius 1 is 1.14 bits per heavy atom. The van der Waals surface area contributed by atoms with Gasteiger partial charge < -0.3 is 10.4 Å². The SMILES string of the molecule is NS(=O)(=O)Cc1ccc(-c2ccc([C@H](O)[C@@H](CF)NC(=O)C(F)F)cc2)cn1. The number of aromatic nitrogens is 1. The van der Waals surface area contributed by atoms with Gasteiger partial charge in [0.15, 0.2) is 0 Å². The summed E-state index contributed by atoms with van der Waals surface area (Å²) in [6, 6.07) is 7.70. The van der Waals surface area contributed by atoms with Crippen molar-refractivity contribution in [1.82, 2.24) is 10.3 Å². The zero-order valence-corrected chi connectivity index (χ0v) is 15.2. The van der Waals surface area contributed by atoms with Gasteiger partial charge in [-0.3, -0.25) is 9.78 Å². The van der Waals surface area contributed by atoms with Crippen molar-refractivity contribution >= 4 is 15.9 Å². The summed E-state index contributed by atoms with van der Waals surface area (Å²) >= 11 is 0. The second-order valence-corrected chi connectivity index (χ2v) is 7.60. The molecule has 4 N–H and O–H groups in total. The molecular formula is C17H18F3N3O4S. The smallest absolute Gasteiger partial charge is 0.315 e. The third kappa shape index (κ3) is 6.01. The van der Waals surface area contributed by atoms with E-state index >= 15 is 0 Å². The van der Waals surface area contributed by atoms with Crippen molar-refractivity contribution in [2.75, 3.05) is 6.67 Å². The first-order valence-electron chi connectivity index (χ1n) is 7.99. The highest BCUT2D eigenvalue weighted by atomic mass is 32.2. The van der Waals surface area contributed by atoms with Crippen LogP contribution in [0.5, 0.6) is 0 Å². The summed E-state index contributed by atoms with van der Waals surface area (Å²) in [6.07, 6.45) is -3.38. The number of hydrogen-bond acceptors (Lipinski definition) is 5. The molecule has 2 aromatic rings. The first-order valence-corrected chi connectivity index (χ1v) is 9.70. The Labute approximate surface area is 159 Å². The standard InChI is InChI=1S/C17H18F3N3O4S/c18-7-14(23-17(25)16(19)20)15(24)11-3-1-10(2-4-11)12-5-6-13(22-8-12)9-28(21,26)27/h1-6,8,14-16,24H,7,9H2,(H,23,25)(H2,21,26,27)/t14-,15+/m1/s1. The highest BCUT2D eigenvalue weighted by Crippen LogP contribution is 2.24. The number of primary sulfonamides is 1. The fourth-order valence-corrected chi connectivity index (χ4v) is 3.02. The van der Waals surface area contributed by atoms with Crippen LogP contribution in [0.3, 0.4) is 0 Å². The van der Waals surface area contributed by atoms with E-state index in [1.807, 2.05) is 0 Å². The van der Waals surface area contributed by atoms with Gasteiger partial charge in [0.25, 0.3) is 5.91 Å². The lowest BCUT2D eigenvalue weighted by Gasteiger charge is -2.22. The van der Waals surface area contributed by atoms with Gasteiger partial charge in [-0.15, -0.1) is 0 Å². The van der Waals surface area contributed by atoms with Crippen LogP contribution in [0.25, 0.3) is 11.1 Å². The monoisotopic (exact) mass is 417 g/mol. The maximum Gasteiger partial charge on any atom is 0.315 e. The number of amides is 1. The van der Waals surface area contributed by atoms with Crippen molar-refractivity contribution < 1.29 is 31.5 Å². The second-order valence-electron chi connectivity index (χ2n) is 5.98. The summed E-state index contributed by atoms with van der Waals surface area (Å²) in [5, 5.41) is 16.8. The van der Waals surface area contributed by atoms with E-state index in [0.29, 0.717) is 11.1 Å². The van der Waals surface area contributed by atoms with Gasteiger partial charge in [-0.1, -0.05) is 30.3 Å². The summed E-state index contributed by atoms with van der Waals surface area (Å²) in [6.45, 7) is -1.23. The minimum atomic E-state index is -3.69. The molecule has 28 heavy (non-hydrogen) atoms. The number of benzene rings is 1. The molecule has 7 nitrogen and oxygen atoms in total. The van der Waals surface area contributed by atoms with E-state index in [-0.39, 0.29) is 11.3 Å². The number of alkyl halides is 3. The lowest BCUT2D eigenvalue weighted by atomic mass is 9.99. The minimum Gasteiger partial charge on any atom is -0.386 e. The number of nitrogens with two attached hydrogens (primary N) is 1. The zero-order chi connectivity index (χ0) is 20.9. The number of aliphatic hydroxyl groups is 1. The van der Waals surface area contributed by atoms with E-state index in [2.05, 4.69) is 4.98 Å². The van der Waals surface area contributed by atoms with E-state index in [0.717, 1.165) is 0 Å². The molecule has 0 spiro atoms. The topological polar surface area (TPSA) is 122 Å². The third-order valence-corrected chi connectivity index (χ3v) is 4.53. The van der Waals surface area contributed by atoms with Crippen molar-refractivity contribution in [3.05, 3.63) is 53.9 Å². The first kappa shape index (κ1) is 21.8. The van der Waals surface area contributed by atoms with Crippen LogP contribution in [-0.2, 0) is 20.6 Å². The van der Waals surface area contributed by atoms with Crippen molar-refractivity contribution in [1.29, 1.82) is 0 Å². The predicted octanol–water partition coefficient (Wildman–Crippen LogP) is 1.29. The highest BCUT2D eigenvalue weighted by molar-refractivity contribution is 7.88. The molecule has 1 aromatic heterocycles. The number of carbonyl (C=O) groups is 1. The molecule has 1 amide bonds. The number of rotatable bonds is 8. The molecule has 0 bridgehead atoms. The zero-order valence-electron chi connectivity index (χ0n) is 14.4. The molecule has 0 radical (unpaired) electrons. The summed E-state index contributed by atoms with van der Waals surface area (Å²) in [7, 11) is -3.69. The Morgan fingerprint density at radius 3 is 2.21 bits per heavy atom. The van der Waals surface area contributed by atoms with Crippen LogP contribution in [-0.4, -0.2) is 43.6 Å². The molecule has 1 aromatic carbocycles. The van der Waals surface area contributed by atoms with Crippen LogP contribution >= 0.6 is 0 Å². The Bertz CT molecular complexity index is 906. The number of halogens is 3. The average molecular weight is 417 g/mol. The van der Waals surface area contributed by atoms with Gasteiger partial charge in [-0.2, -0.15) is 8.78 Å². The number of nitrogens with zero attached hydrogens (tertiary/aromatic N) is 1. The van der Waals surface area contributed by atoms with Crippen LogP contribution in [0, 0.1) is 0 Å². The molecule has 0 aliphatic rings. The minimum absolute atomic E-state index is 0.222. The molecule has 0 saturated carbocycles. The van der Waals surface area contributed by atoms with Gasteiger partial charge >= 0.3 is 6.43 Å².